The Morgan fingerprint density at radius 2 is 1.96 bits per heavy atom. The van der Waals surface area contributed by atoms with Crippen molar-refractivity contribution in [3.63, 3.8) is 0 Å². The molecule has 0 aromatic heterocycles. The number of piperidine rings is 1. The van der Waals surface area contributed by atoms with Crippen molar-refractivity contribution >= 4 is 17.6 Å². The van der Waals surface area contributed by atoms with E-state index in [2.05, 4.69) is 32.7 Å². The van der Waals surface area contributed by atoms with E-state index in [-0.39, 0.29) is 11.9 Å². The number of carbonyl (C=O) groups excluding carboxylic acids is 1. The van der Waals surface area contributed by atoms with E-state index in [1.165, 1.54) is 0 Å². The van der Waals surface area contributed by atoms with Crippen LogP contribution in [-0.4, -0.2) is 56.7 Å². The van der Waals surface area contributed by atoms with Crippen molar-refractivity contribution in [1.82, 2.24) is 10.2 Å². The fourth-order valence-corrected chi connectivity index (χ4v) is 3.00. The number of para-hydroxylation sites is 1. The van der Waals surface area contributed by atoms with Gasteiger partial charge in [-0.2, -0.15) is 0 Å². The zero-order valence-electron chi connectivity index (χ0n) is 15.3. The molecule has 0 unspecified atom stereocenters. The van der Waals surface area contributed by atoms with Crippen LogP contribution >= 0.6 is 0 Å². The molecule has 2 N–H and O–H groups in total. The van der Waals surface area contributed by atoms with Crippen LogP contribution in [0.5, 0.6) is 0 Å². The molecule has 6 heteroatoms. The second kappa shape index (κ2) is 10.6. The van der Waals surface area contributed by atoms with E-state index in [4.69, 9.17) is 4.74 Å². The maximum absolute atomic E-state index is 11.8. The summed E-state index contributed by atoms with van der Waals surface area (Å²) in [6, 6.07) is 10.2. The number of nitrogens with zero attached hydrogens (tertiary/aromatic N) is 2. The Bertz CT molecular complexity index is 540. The number of hydrogen-bond donors (Lipinski definition) is 2. The van der Waals surface area contributed by atoms with Gasteiger partial charge in [-0.3, -0.25) is 9.79 Å². The first-order valence-corrected chi connectivity index (χ1v) is 9.15. The van der Waals surface area contributed by atoms with Gasteiger partial charge in [0.15, 0.2) is 5.96 Å². The minimum atomic E-state index is -0.0583. The molecule has 1 fully saturated rings. The number of ether oxygens (including phenoxy) is 1. The zero-order valence-corrected chi connectivity index (χ0v) is 15.3. The Labute approximate surface area is 150 Å². The molecule has 1 aliphatic rings. The second-order valence-electron chi connectivity index (χ2n) is 6.13. The van der Waals surface area contributed by atoms with Gasteiger partial charge in [-0.1, -0.05) is 18.2 Å². The van der Waals surface area contributed by atoms with Crippen LogP contribution in [0.3, 0.4) is 0 Å². The molecule has 1 aromatic carbocycles. The lowest BCUT2D eigenvalue weighted by atomic mass is 9.97. The number of anilines is 1. The number of guanidine groups is 1. The predicted octanol–water partition coefficient (Wildman–Crippen LogP) is 2.34. The first-order chi connectivity index (χ1) is 12.2. The van der Waals surface area contributed by atoms with Gasteiger partial charge in [0.25, 0.3) is 0 Å². The van der Waals surface area contributed by atoms with Gasteiger partial charge in [0.2, 0.25) is 0 Å². The van der Waals surface area contributed by atoms with Gasteiger partial charge < -0.3 is 20.3 Å². The number of aliphatic imine (C=N–C) groups is 1. The van der Waals surface area contributed by atoms with E-state index in [0.29, 0.717) is 6.61 Å². The van der Waals surface area contributed by atoms with Crippen LogP contribution in [0, 0.1) is 5.92 Å². The molecule has 138 valence electrons. The maximum Gasteiger partial charge on any atom is 0.309 e. The molecule has 0 atom stereocenters. The molecule has 0 aliphatic carbocycles. The monoisotopic (exact) mass is 346 g/mol. The van der Waals surface area contributed by atoms with Crippen molar-refractivity contribution in [2.45, 2.75) is 26.2 Å². The number of likely N-dealkylation sites (tertiary alicyclic amines) is 1. The topological polar surface area (TPSA) is 66.0 Å². The number of rotatable bonds is 7. The van der Waals surface area contributed by atoms with Crippen molar-refractivity contribution in [2.24, 2.45) is 10.9 Å². The molecule has 6 nitrogen and oxygen atoms in total. The van der Waals surface area contributed by atoms with Gasteiger partial charge >= 0.3 is 5.97 Å². The summed E-state index contributed by atoms with van der Waals surface area (Å²) in [6.45, 7) is 5.77. The predicted molar refractivity (Wildman–Crippen MR) is 102 cm³/mol. The third-order valence-electron chi connectivity index (χ3n) is 4.37. The molecule has 1 aliphatic heterocycles. The highest BCUT2D eigenvalue weighted by molar-refractivity contribution is 5.80. The van der Waals surface area contributed by atoms with Gasteiger partial charge in [-0.25, -0.2) is 0 Å². The molecule has 1 aromatic rings. The first-order valence-electron chi connectivity index (χ1n) is 9.15. The summed E-state index contributed by atoms with van der Waals surface area (Å²) in [5.74, 6) is 0.892. The van der Waals surface area contributed by atoms with E-state index >= 15 is 0 Å². The summed E-state index contributed by atoms with van der Waals surface area (Å²) in [6.07, 6.45) is 2.66. The quantitative estimate of drug-likeness (QED) is 0.343. The lowest BCUT2D eigenvalue weighted by Gasteiger charge is -2.33. The van der Waals surface area contributed by atoms with Crippen LogP contribution in [0.2, 0.25) is 0 Å². The van der Waals surface area contributed by atoms with Crippen molar-refractivity contribution in [3.8, 4) is 0 Å². The zero-order chi connectivity index (χ0) is 17.9. The standard InChI is InChI=1S/C19H30N4O2/c1-3-25-18(24)16-10-14-23(15-11-16)19(20-2)22-13-7-12-21-17-8-5-4-6-9-17/h4-6,8-9,16,21H,3,7,10-15H2,1-2H3,(H,20,22). The van der Waals surface area contributed by atoms with Crippen LogP contribution in [0.25, 0.3) is 0 Å². The van der Waals surface area contributed by atoms with Crippen molar-refractivity contribution in [3.05, 3.63) is 30.3 Å². The van der Waals surface area contributed by atoms with Crippen LogP contribution < -0.4 is 10.6 Å². The molecule has 0 amide bonds. The Morgan fingerprint density at radius 3 is 2.60 bits per heavy atom. The van der Waals surface area contributed by atoms with E-state index < -0.39 is 0 Å². The van der Waals surface area contributed by atoms with E-state index in [1.54, 1.807) is 0 Å². The number of carbonyl (C=O) groups is 1. The van der Waals surface area contributed by atoms with Gasteiger partial charge in [-0.05, 0) is 38.3 Å². The Morgan fingerprint density at radius 1 is 1.24 bits per heavy atom. The summed E-state index contributed by atoms with van der Waals surface area (Å²) in [5, 5.41) is 6.82. The summed E-state index contributed by atoms with van der Waals surface area (Å²) in [5.41, 5.74) is 1.15. The number of benzene rings is 1. The number of hydrogen-bond acceptors (Lipinski definition) is 4. The van der Waals surface area contributed by atoms with Crippen molar-refractivity contribution < 1.29 is 9.53 Å². The molecule has 0 bridgehead atoms. The van der Waals surface area contributed by atoms with Crippen LogP contribution in [0.15, 0.2) is 35.3 Å². The second-order valence-corrected chi connectivity index (χ2v) is 6.13. The Hall–Kier alpha value is -2.24. The highest BCUT2D eigenvalue weighted by atomic mass is 16.5. The molecule has 25 heavy (non-hydrogen) atoms. The molecule has 2 rings (SSSR count). The largest absolute Gasteiger partial charge is 0.466 e. The van der Waals surface area contributed by atoms with Crippen LogP contribution in [-0.2, 0) is 9.53 Å². The van der Waals surface area contributed by atoms with Gasteiger partial charge in [-0.15, -0.1) is 0 Å². The third kappa shape index (κ3) is 6.29. The van der Waals surface area contributed by atoms with E-state index in [1.807, 2.05) is 32.2 Å². The lowest BCUT2D eigenvalue weighted by molar-refractivity contribution is -0.149. The summed E-state index contributed by atoms with van der Waals surface area (Å²) >= 11 is 0. The van der Waals surface area contributed by atoms with Gasteiger partial charge in [0.05, 0.1) is 12.5 Å². The highest BCUT2D eigenvalue weighted by Crippen LogP contribution is 2.18. The number of nitrogens with one attached hydrogen (secondary N) is 2. The summed E-state index contributed by atoms with van der Waals surface area (Å²) in [4.78, 5) is 18.4. The number of esters is 1. The third-order valence-corrected chi connectivity index (χ3v) is 4.37. The summed E-state index contributed by atoms with van der Waals surface area (Å²) in [7, 11) is 1.81. The molecule has 1 saturated heterocycles. The highest BCUT2D eigenvalue weighted by Gasteiger charge is 2.27. The molecule has 0 radical (unpaired) electrons. The van der Waals surface area contributed by atoms with Crippen molar-refractivity contribution in [1.29, 1.82) is 0 Å². The minimum absolute atomic E-state index is 0.0318. The van der Waals surface area contributed by atoms with Crippen LogP contribution in [0.1, 0.15) is 26.2 Å². The van der Waals surface area contributed by atoms with Crippen molar-refractivity contribution in [2.75, 3.05) is 45.2 Å². The van der Waals surface area contributed by atoms with E-state index in [0.717, 1.165) is 57.1 Å². The summed E-state index contributed by atoms with van der Waals surface area (Å²) < 4.78 is 5.12. The maximum atomic E-state index is 11.8. The SMILES string of the molecule is CCOC(=O)C1CCN(C(=NC)NCCCNc2ccccc2)CC1. The molecule has 0 saturated carbocycles. The fourth-order valence-electron chi connectivity index (χ4n) is 3.00. The molecular weight excluding hydrogens is 316 g/mol. The normalized spacial score (nSPS) is 15.8. The average Bonchev–Trinajstić information content (AvgIpc) is 2.66. The van der Waals surface area contributed by atoms with Gasteiger partial charge in [0, 0.05) is 38.9 Å². The van der Waals surface area contributed by atoms with Gasteiger partial charge in [0.1, 0.15) is 0 Å². The lowest BCUT2D eigenvalue weighted by Crippen LogP contribution is -2.47. The van der Waals surface area contributed by atoms with Crippen LogP contribution in [0.4, 0.5) is 5.69 Å². The molecular formula is C19H30N4O2. The molecule has 0 spiro atoms. The van der Waals surface area contributed by atoms with E-state index in [9.17, 15) is 4.79 Å². The first kappa shape index (κ1) is 19.1. The smallest absolute Gasteiger partial charge is 0.309 e. The fraction of sp³-hybridized carbons (Fsp3) is 0.579. The Balaban J connectivity index is 1.65. The molecule has 1 heterocycles. The average molecular weight is 346 g/mol. The Kier molecular flexibility index (Phi) is 8.09. The minimum Gasteiger partial charge on any atom is -0.466 e.